The average Bonchev–Trinajstić information content (AvgIpc) is 3.10. The number of nitrogens with zero attached hydrogens (tertiary/aromatic N) is 2. The minimum Gasteiger partial charge on any atom is -0.299 e. The molecule has 0 spiro atoms. The summed E-state index contributed by atoms with van der Waals surface area (Å²) >= 11 is 0. The van der Waals surface area contributed by atoms with Crippen molar-refractivity contribution < 1.29 is 13.2 Å². The Balaban J connectivity index is 1.52. The van der Waals surface area contributed by atoms with Crippen molar-refractivity contribution in [2.45, 2.75) is 44.4 Å². The third-order valence-corrected chi connectivity index (χ3v) is 9.02. The third kappa shape index (κ3) is 4.62. The van der Waals surface area contributed by atoms with Crippen LogP contribution in [0.1, 0.15) is 50.2 Å². The zero-order chi connectivity index (χ0) is 23.5. The van der Waals surface area contributed by atoms with E-state index in [1.54, 1.807) is 9.21 Å². The van der Waals surface area contributed by atoms with Crippen molar-refractivity contribution in [3.63, 3.8) is 0 Å². The van der Waals surface area contributed by atoms with E-state index in [1.807, 2.05) is 67.6 Å². The first kappa shape index (κ1) is 23.6. The van der Waals surface area contributed by atoms with Gasteiger partial charge in [-0.25, -0.2) is 12.7 Å². The van der Waals surface area contributed by atoms with Crippen LogP contribution in [0.5, 0.6) is 0 Å². The molecule has 33 heavy (non-hydrogen) atoms. The second kappa shape index (κ2) is 9.77. The first-order valence-electron chi connectivity index (χ1n) is 11.9. The fourth-order valence-electron chi connectivity index (χ4n) is 5.12. The number of carbonyl (C=O) groups excluding carboxylic acids is 1. The molecule has 176 valence electrons. The van der Waals surface area contributed by atoms with Gasteiger partial charge in [-0.15, -0.1) is 0 Å². The van der Waals surface area contributed by atoms with Crippen LogP contribution in [0.25, 0.3) is 0 Å². The van der Waals surface area contributed by atoms with Crippen molar-refractivity contribution in [3.8, 4) is 0 Å². The lowest BCUT2D eigenvalue weighted by Crippen LogP contribution is -2.45. The van der Waals surface area contributed by atoms with Crippen molar-refractivity contribution in [1.82, 2.24) is 9.21 Å². The van der Waals surface area contributed by atoms with Gasteiger partial charge in [-0.3, -0.25) is 15.1 Å². The molecule has 0 radical (unpaired) electrons. The first-order valence-corrected chi connectivity index (χ1v) is 13.5. The highest BCUT2D eigenvalue weighted by Gasteiger charge is 2.52. The van der Waals surface area contributed by atoms with Gasteiger partial charge in [0.05, 0.1) is 5.75 Å². The SMILES string of the molecule is CCCCS(=O)(=O)N1CCC(CN2C(=N)CC(c3ccccc3)(c3ccccc3)C2=O)CC1. The Kier molecular flexibility index (Phi) is 7.00. The molecule has 2 aromatic carbocycles. The predicted octanol–water partition coefficient (Wildman–Crippen LogP) is 4.02. The second-order valence-electron chi connectivity index (χ2n) is 9.19. The van der Waals surface area contributed by atoms with Crippen LogP contribution in [0.4, 0.5) is 0 Å². The third-order valence-electron chi connectivity index (χ3n) is 7.07. The normalized spacial score (nSPS) is 19.8. The molecule has 0 saturated carbocycles. The average molecular weight is 468 g/mol. The van der Waals surface area contributed by atoms with E-state index in [0.717, 1.165) is 17.5 Å². The summed E-state index contributed by atoms with van der Waals surface area (Å²) in [6.45, 7) is 3.46. The van der Waals surface area contributed by atoms with E-state index in [0.29, 0.717) is 51.2 Å². The molecule has 2 aliphatic heterocycles. The highest BCUT2D eigenvalue weighted by molar-refractivity contribution is 7.89. The van der Waals surface area contributed by atoms with Crippen LogP contribution in [0, 0.1) is 11.3 Å². The molecule has 4 rings (SSSR count). The number of nitrogens with one attached hydrogen (secondary N) is 1. The number of sulfonamides is 1. The van der Waals surface area contributed by atoms with Gasteiger partial charge in [0.15, 0.2) is 0 Å². The van der Waals surface area contributed by atoms with Crippen LogP contribution in [0.2, 0.25) is 0 Å². The number of benzene rings is 2. The van der Waals surface area contributed by atoms with Crippen LogP contribution >= 0.6 is 0 Å². The highest BCUT2D eigenvalue weighted by Crippen LogP contribution is 2.43. The second-order valence-corrected chi connectivity index (χ2v) is 11.3. The minimum atomic E-state index is -3.20. The summed E-state index contributed by atoms with van der Waals surface area (Å²) in [5.41, 5.74) is 0.930. The van der Waals surface area contributed by atoms with E-state index in [2.05, 4.69) is 0 Å². The Bertz CT molecular complexity index is 1040. The van der Waals surface area contributed by atoms with E-state index in [9.17, 15) is 13.2 Å². The molecule has 2 saturated heterocycles. The van der Waals surface area contributed by atoms with E-state index in [4.69, 9.17) is 5.41 Å². The summed E-state index contributed by atoms with van der Waals surface area (Å²) < 4.78 is 26.7. The first-order chi connectivity index (χ1) is 15.9. The summed E-state index contributed by atoms with van der Waals surface area (Å²) in [5.74, 6) is 0.683. The molecule has 0 aromatic heterocycles. The van der Waals surface area contributed by atoms with E-state index < -0.39 is 15.4 Å². The van der Waals surface area contributed by atoms with Gasteiger partial charge in [-0.2, -0.15) is 0 Å². The number of unbranched alkanes of at least 4 members (excludes halogenated alkanes) is 1. The fourth-order valence-corrected chi connectivity index (χ4v) is 6.79. The molecule has 2 fully saturated rings. The summed E-state index contributed by atoms with van der Waals surface area (Å²) in [4.78, 5) is 15.6. The van der Waals surface area contributed by atoms with Crippen molar-refractivity contribution >= 4 is 21.8 Å². The number of likely N-dealkylation sites (tertiary alicyclic amines) is 1. The maximum absolute atomic E-state index is 13.9. The van der Waals surface area contributed by atoms with Crippen LogP contribution < -0.4 is 0 Å². The molecule has 0 unspecified atom stereocenters. The molecule has 6 nitrogen and oxygen atoms in total. The van der Waals surface area contributed by atoms with Crippen LogP contribution in [-0.2, 0) is 20.2 Å². The van der Waals surface area contributed by atoms with Gasteiger partial charge in [0.25, 0.3) is 0 Å². The zero-order valence-corrected chi connectivity index (χ0v) is 20.1. The molecular formula is C26H33N3O3S. The molecule has 2 heterocycles. The molecule has 1 N–H and O–H groups in total. The van der Waals surface area contributed by atoms with E-state index >= 15 is 0 Å². The molecule has 1 amide bonds. The zero-order valence-electron chi connectivity index (χ0n) is 19.2. The van der Waals surface area contributed by atoms with Gasteiger partial charge < -0.3 is 0 Å². The summed E-state index contributed by atoms with van der Waals surface area (Å²) in [7, 11) is -3.20. The Labute approximate surface area is 197 Å². The van der Waals surface area contributed by atoms with Gasteiger partial charge in [-0.1, -0.05) is 74.0 Å². The monoisotopic (exact) mass is 467 g/mol. The maximum atomic E-state index is 13.9. The van der Waals surface area contributed by atoms with Crippen molar-refractivity contribution in [1.29, 1.82) is 5.41 Å². The van der Waals surface area contributed by atoms with Gasteiger partial charge in [0.1, 0.15) is 11.3 Å². The summed E-state index contributed by atoms with van der Waals surface area (Å²) in [6.07, 6.45) is 3.31. The Morgan fingerprint density at radius 1 is 0.970 bits per heavy atom. The summed E-state index contributed by atoms with van der Waals surface area (Å²) in [5, 5.41) is 8.72. The molecule has 2 aliphatic rings. The van der Waals surface area contributed by atoms with Crippen molar-refractivity contribution in [3.05, 3.63) is 71.8 Å². The lowest BCUT2D eigenvalue weighted by atomic mass is 9.73. The number of hydrogen-bond acceptors (Lipinski definition) is 4. The number of amidine groups is 1. The van der Waals surface area contributed by atoms with Gasteiger partial charge in [-0.05, 0) is 36.3 Å². The Hall–Kier alpha value is -2.51. The number of carbonyl (C=O) groups is 1. The van der Waals surface area contributed by atoms with E-state index in [1.165, 1.54) is 0 Å². The van der Waals surface area contributed by atoms with Gasteiger partial charge >= 0.3 is 0 Å². The number of rotatable bonds is 8. The Morgan fingerprint density at radius 2 is 1.52 bits per heavy atom. The van der Waals surface area contributed by atoms with Crippen LogP contribution in [0.3, 0.4) is 0 Å². The number of amides is 1. The highest BCUT2D eigenvalue weighted by atomic mass is 32.2. The molecule has 0 atom stereocenters. The predicted molar refractivity (Wildman–Crippen MR) is 131 cm³/mol. The topological polar surface area (TPSA) is 81.5 Å². The minimum absolute atomic E-state index is 0.0529. The fraction of sp³-hybridized carbons (Fsp3) is 0.462. The van der Waals surface area contributed by atoms with Crippen molar-refractivity contribution in [2.24, 2.45) is 5.92 Å². The molecular weight excluding hydrogens is 434 g/mol. The molecule has 0 aliphatic carbocycles. The largest absolute Gasteiger partial charge is 0.299 e. The lowest BCUT2D eigenvalue weighted by Gasteiger charge is -2.34. The Morgan fingerprint density at radius 3 is 2.03 bits per heavy atom. The van der Waals surface area contributed by atoms with Gasteiger partial charge in [0.2, 0.25) is 15.9 Å². The quantitative estimate of drug-likeness (QED) is 0.637. The van der Waals surface area contributed by atoms with Gasteiger partial charge in [0, 0.05) is 26.1 Å². The van der Waals surface area contributed by atoms with Crippen molar-refractivity contribution in [2.75, 3.05) is 25.4 Å². The maximum Gasteiger partial charge on any atom is 0.243 e. The van der Waals surface area contributed by atoms with Crippen LogP contribution in [-0.4, -0.2) is 54.8 Å². The number of piperidine rings is 1. The standard InChI is InChI=1S/C26H33N3O3S/c1-2-3-18-33(31,32)28-16-14-21(15-17-28)20-29-24(27)19-26(25(29)30,22-10-6-4-7-11-22)23-12-8-5-9-13-23/h4-13,21,27H,2-3,14-20H2,1H3. The molecule has 2 aromatic rings. The summed E-state index contributed by atoms with van der Waals surface area (Å²) in [6, 6.07) is 19.5. The molecule has 0 bridgehead atoms. The number of hydrogen-bond donors (Lipinski definition) is 1. The smallest absolute Gasteiger partial charge is 0.243 e. The lowest BCUT2D eigenvalue weighted by molar-refractivity contribution is -0.130. The molecule has 7 heteroatoms. The van der Waals surface area contributed by atoms with Crippen LogP contribution in [0.15, 0.2) is 60.7 Å². The van der Waals surface area contributed by atoms with E-state index in [-0.39, 0.29) is 17.6 Å².